The number of hydrogen-bond donors (Lipinski definition) is 2. The summed E-state index contributed by atoms with van der Waals surface area (Å²) in [5, 5.41) is 4.32. The Labute approximate surface area is 120 Å². The number of halogens is 2. The third-order valence-corrected chi connectivity index (χ3v) is 4.16. The molecular formula is C12H13Cl2N3S. The van der Waals surface area contributed by atoms with Crippen molar-refractivity contribution in [1.29, 1.82) is 0 Å². The van der Waals surface area contributed by atoms with Gasteiger partial charge in [0, 0.05) is 18.0 Å². The molecule has 6 heteroatoms. The Morgan fingerprint density at radius 3 is 2.50 bits per heavy atom. The molecule has 0 bridgehead atoms. The van der Waals surface area contributed by atoms with E-state index in [9.17, 15) is 0 Å². The lowest BCUT2D eigenvalue weighted by Gasteiger charge is -2.07. The van der Waals surface area contributed by atoms with Crippen molar-refractivity contribution in [2.24, 2.45) is 0 Å². The minimum Gasteiger partial charge on any atom is -0.396 e. The number of nitrogen functional groups attached to an aromatic ring is 1. The van der Waals surface area contributed by atoms with Gasteiger partial charge in [0.15, 0.2) is 0 Å². The van der Waals surface area contributed by atoms with Gasteiger partial charge in [-0.05, 0) is 24.6 Å². The molecule has 3 N–H and O–H groups in total. The number of hydrogen-bond acceptors (Lipinski definition) is 4. The number of thiazole rings is 1. The number of nitrogens with two attached hydrogens (primary N) is 1. The van der Waals surface area contributed by atoms with Crippen LogP contribution in [0.25, 0.3) is 0 Å². The molecular weight excluding hydrogens is 289 g/mol. The first-order valence-corrected chi connectivity index (χ1v) is 7.04. The van der Waals surface area contributed by atoms with E-state index >= 15 is 0 Å². The van der Waals surface area contributed by atoms with Crippen LogP contribution in [0.2, 0.25) is 10.0 Å². The maximum absolute atomic E-state index is 5.98. The molecule has 1 aromatic heterocycles. The van der Waals surface area contributed by atoms with E-state index < -0.39 is 0 Å². The zero-order valence-corrected chi connectivity index (χ0v) is 12.2. The molecule has 0 atom stereocenters. The number of nitrogens with one attached hydrogen (secondary N) is 1. The van der Waals surface area contributed by atoms with Gasteiger partial charge in [0.25, 0.3) is 0 Å². The summed E-state index contributed by atoms with van der Waals surface area (Å²) >= 11 is 13.6. The van der Waals surface area contributed by atoms with Gasteiger partial charge in [-0.15, -0.1) is 11.3 Å². The number of aryl methyl sites for hydroxylation is 1. The summed E-state index contributed by atoms with van der Waals surface area (Å²) in [6.45, 7) is 3.48. The fourth-order valence-electron chi connectivity index (χ4n) is 1.56. The van der Waals surface area contributed by atoms with Gasteiger partial charge in [-0.25, -0.2) is 4.98 Å². The van der Waals surface area contributed by atoms with Crippen molar-refractivity contribution < 1.29 is 0 Å². The average molecular weight is 302 g/mol. The van der Waals surface area contributed by atoms with Gasteiger partial charge in [-0.3, -0.25) is 0 Å². The van der Waals surface area contributed by atoms with Gasteiger partial charge in [0.05, 0.1) is 26.9 Å². The maximum atomic E-state index is 5.98. The molecule has 0 aliphatic heterocycles. The lowest BCUT2D eigenvalue weighted by atomic mass is 10.2. The van der Waals surface area contributed by atoms with Crippen LogP contribution in [0.3, 0.4) is 0 Å². The van der Waals surface area contributed by atoms with Gasteiger partial charge in [-0.2, -0.15) is 0 Å². The standard InChI is InChI=1S/C12H13Cl2N3S/c1-7-11(18-6-17-7)5-16-4-8-2-9(13)12(15)10(14)3-8/h2-3,6,16H,4-5,15H2,1H3. The Morgan fingerprint density at radius 2 is 1.94 bits per heavy atom. The Hall–Kier alpha value is -0.810. The molecule has 2 aromatic rings. The van der Waals surface area contributed by atoms with Crippen LogP contribution in [0.5, 0.6) is 0 Å². The Morgan fingerprint density at radius 1 is 1.28 bits per heavy atom. The van der Waals surface area contributed by atoms with E-state index in [1.807, 2.05) is 24.6 Å². The van der Waals surface area contributed by atoms with Crippen molar-refractivity contribution in [2.75, 3.05) is 5.73 Å². The maximum Gasteiger partial charge on any atom is 0.0798 e. The van der Waals surface area contributed by atoms with Crippen LogP contribution >= 0.6 is 34.5 Å². The Bertz CT molecular complexity index is 531. The predicted molar refractivity (Wildman–Crippen MR) is 78.3 cm³/mol. The van der Waals surface area contributed by atoms with Crippen molar-refractivity contribution in [3.8, 4) is 0 Å². The number of anilines is 1. The minimum atomic E-state index is 0.431. The minimum absolute atomic E-state index is 0.431. The van der Waals surface area contributed by atoms with Gasteiger partial charge in [0.1, 0.15) is 0 Å². The number of benzene rings is 1. The third-order valence-electron chi connectivity index (χ3n) is 2.60. The summed E-state index contributed by atoms with van der Waals surface area (Å²) in [7, 11) is 0. The van der Waals surface area contributed by atoms with Crippen molar-refractivity contribution in [3.05, 3.63) is 43.8 Å². The molecule has 96 valence electrons. The first kappa shape index (κ1) is 13.6. The van der Waals surface area contributed by atoms with Crippen LogP contribution in [0.1, 0.15) is 16.1 Å². The zero-order chi connectivity index (χ0) is 13.1. The van der Waals surface area contributed by atoms with Gasteiger partial charge in [0.2, 0.25) is 0 Å². The number of aromatic nitrogens is 1. The largest absolute Gasteiger partial charge is 0.396 e. The molecule has 0 aliphatic carbocycles. The van der Waals surface area contributed by atoms with Crippen molar-refractivity contribution in [3.63, 3.8) is 0 Å². The fourth-order valence-corrected chi connectivity index (χ4v) is 2.83. The van der Waals surface area contributed by atoms with Crippen molar-refractivity contribution in [2.45, 2.75) is 20.0 Å². The van der Waals surface area contributed by atoms with E-state index in [0.29, 0.717) is 22.3 Å². The second-order valence-electron chi connectivity index (χ2n) is 3.94. The van der Waals surface area contributed by atoms with E-state index in [-0.39, 0.29) is 0 Å². The smallest absolute Gasteiger partial charge is 0.0798 e. The van der Waals surface area contributed by atoms with Gasteiger partial charge < -0.3 is 11.1 Å². The summed E-state index contributed by atoms with van der Waals surface area (Å²) in [5.41, 5.74) is 10.1. The van der Waals surface area contributed by atoms with Crippen LogP contribution in [-0.2, 0) is 13.1 Å². The number of rotatable bonds is 4. The molecule has 3 nitrogen and oxygen atoms in total. The van der Waals surface area contributed by atoms with E-state index in [2.05, 4.69) is 10.3 Å². The Balaban J connectivity index is 1.97. The van der Waals surface area contributed by atoms with Crippen LogP contribution in [-0.4, -0.2) is 4.98 Å². The topological polar surface area (TPSA) is 50.9 Å². The summed E-state index contributed by atoms with van der Waals surface area (Å²) in [4.78, 5) is 5.44. The summed E-state index contributed by atoms with van der Waals surface area (Å²) in [6.07, 6.45) is 0. The molecule has 2 rings (SSSR count). The molecule has 0 radical (unpaired) electrons. The van der Waals surface area contributed by atoms with E-state index in [4.69, 9.17) is 28.9 Å². The van der Waals surface area contributed by atoms with Gasteiger partial charge >= 0.3 is 0 Å². The van der Waals surface area contributed by atoms with Crippen LogP contribution in [0.15, 0.2) is 17.6 Å². The molecule has 0 aliphatic rings. The predicted octanol–water partition coefficient (Wildman–Crippen LogP) is 3.63. The number of nitrogens with zero attached hydrogens (tertiary/aromatic N) is 1. The third kappa shape index (κ3) is 3.14. The summed E-state index contributed by atoms with van der Waals surface area (Å²) < 4.78 is 0. The quantitative estimate of drug-likeness (QED) is 0.848. The van der Waals surface area contributed by atoms with Crippen LogP contribution < -0.4 is 11.1 Å². The normalized spacial score (nSPS) is 10.8. The van der Waals surface area contributed by atoms with Crippen molar-refractivity contribution in [1.82, 2.24) is 10.3 Å². The molecule has 0 amide bonds. The van der Waals surface area contributed by atoms with Crippen LogP contribution in [0, 0.1) is 6.92 Å². The summed E-state index contributed by atoms with van der Waals surface area (Å²) in [6, 6.07) is 3.66. The molecule has 0 unspecified atom stereocenters. The first-order valence-electron chi connectivity index (χ1n) is 5.41. The first-order chi connectivity index (χ1) is 8.58. The second-order valence-corrected chi connectivity index (χ2v) is 5.69. The Kier molecular flexibility index (Phi) is 4.45. The zero-order valence-electron chi connectivity index (χ0n) is 9.84. The highest BCUT2D eigenvalue weighted by Crippen LogP contribution is 2.28. The molecule has 18 heavy (non-hydrogen) atoms. The molecule has 0 spiro atoms. The van der Waals surface area contributed by atoms with Crippen LogP contribution in [0.4, 0.5) is 5.69 Å². The molecule has 1 aromatic carbocycles. The molecule has 0 fully saturated rings. The molecule has 0 saturated heterocycles. The van der Waals surface area contributed by atoms with Gasteiger partial charge in [-0.1, -0.05) is 23.2 Å². The SMILES string of the molecule is Cc1ncsc1CNCc1cc(Cl)c(N)c(Cl)c1. The van der Waals surface area contributed by atoms with Crippen molar-refractivity contribution >= 4 is 40.2 Å². The monoisotopic (exact) mass is 301 g/mol. The molecule has 1 heterocycles. The summed E-state index contributed by atoms with van der Waals surface area (Å²) in [5.74, 6) is 0. The highest BCUT2D eigenvalue weighted by atomic mass is 35.5. The highest BCUT2D eigenvalue weighted by Gasteiger charge is 2.05. The lowest BCUT2D eigenvalue weighted by molar-refractivity contribution is 0.697. The highest BCUT2D eigenvalue weighted by molar-refractivity contribution is 7.09. The fraction of sp³-hybridized carbons (Fsp3) is 0.250. The molecule has 0 saturated carbocycles. The van der Waals surface area contributed by atoms with E-state index in [1.54, 1.807) is 11.3 Å². The van der Waals surface area contributed by atoms with E-state index in [1.165, 1.54) is 4.88 Å². The lowest BCUT2D eigenvalue weighted by Crippen LogP contribution is -2.12. The van der Waals surface area contributed by atoms with E-state index in [0.717, 1.165) is 17.8 Å². The second kappa shape index (κ2) is 5.89. The average Bonchev–Trinajstić information content (AvgIpc) is 2.72.